The molecule has 0 bridgehead atoms. The van der Waals surface area contributed by atoms with Crippen LogP contribution in [0.5, 0.6) is 0 Å². The van der Waals surface area contributed by atoms with E-state index in [0.717, 1.165) is 11.1 Å². The Labute approximate surface area is 186 Å². The summed E-state index contributed by atoms with van der Waals surface area (Å²) in [6.07, 6.45) is 6.67. The zero-order chi connectivity index (χ0) is 21.6. The second-order valence-corrected chi connectivity index (χ2v) is 12.5. The number of hydrogen-bond donors (Lipinski definition) is 0. The largest absolute Gasteiger partial charge is 0.207 e. The van der Waals surface area contributed by atoms with E-state index in [4.69, 9.17) is 0 Å². The first kappa shape index (κ1) is 21.9. The maximum Gasteiger partial charge on any atom is 0.131 e. The molecule has 31 heavy (non-hydrogen) atoms. The van der Waals surface area contributed by atoms with Crippen molar-refractivity contribution in [2.75, 3.05) is 0 Å². The Morgan fingerprint density at radius 3 is 2.35 bits per heavy atom. The van der Waals surface area contributed by atoms with Gasteiger partial charge >= 0.3 is 0 Å². The summed E-state index contributed by atoms with van der Waals surface area (Å²) in [5.41, 5.74) is 4.23. The molecule has 1 fully saturated rings. The van der Waals surface area contributed by atoms with Gasteiger partial charge in [-0.1, -0.05) is 92.8 Å². The van der Waals surface area contributed by atoms with Crippen molar-refractivity contribution in [2.45, 2.75) is 63.1 Å². The van der Waals surface area contributed by atoms with Crippen LogP contribution in [0.4, 0.5) is 8.78 Å². The molecule has 0 nitrogen and oxygen atoms in total. The lowest BCUT2D eigenvalue weighted by Crippen LogP contribution is -2.20. The predicted molar refractivity (Wildman–Crippen MR) is 130 cm³/mol. The molecule has 0 aromatic heterocycles. The van der Waals surface area contributed by atoms with Gasteiger partial charge in [0, 0.05) is 14.4 Å². The molecule has 0 unspecified atom stereocenters. The van der Waals surface area contributed by atoms with Crippen molar-refractivity contribution in [2.24, 2.45) is 0 Å². The van der Waals surface area contributed by atoms with Crippen LogP contribution < -0.4 is 0 Å². The lowest BCUT2D eigenvalue weighted by Gasteiger charge is -2.28. The third-order valence-electron chi connectivity index (χ3n) is 6.86. The molecule has 0 aliphatic carbocycles. The quantitative estimate of drug-likeness (QED) is 0.258. The maximum absolute atomic E-state index is 15.0. The minimum absolute atomic E-state index is 0.258. The molecule has 0 spiro atoms. The molecule has 0 N–H and O–H groups in total. The molecule has 0 radical (unpaired) electrons. The number of unbranched alkanes of at least 4 members (excludes halogenated alkanes) is 2. The average molecular weight is 435 g/mol. The summed E-state index contributed by atoms with van der Waals surface area (Å²) in [6, 6.07) is 24.3. The zero-order valence-electron chi connectivity index (χ0n) is 18.4. The van der Waals surface area contributed by atoms with Crippen molar-refractivity contribution in [1.82, 2.24) is 0 Å². The van der Waals surface area contributed by atoms with Crippen molar-refractivity contribution in [3.05, 3.63) is 83.9 Å². The second-order valence-electron chi connectivity index (χ2n) is 9.01. The summed E-state index contributed by atoms with van der Waals surface area (Å²) < 4.78 is 28.8. The standard InChI is InChI=1S/C28H32F2Si/c1-2-3-4-16-31-17-14-21(15-18-31)22-8-5-10-24(19-22)28-26(12-7-13-27(28)30)23-9-6-11-25(29)20-23/h5-13,19-21,31H,2-4,14-18H2,1H3/t21-,31-. The van der Waals surface area contributed by atoms with Gasteiger partial charge in [0.15, 0.2) is 0 Å². The summed E-state index contributed by atoms with van der Waals surface area (Å²) >= 11 is 0. The van der Waals surface area contributed by atoms with Gasteiger partial charge in [-0.3, -0.25) is 0 Å². The molecular formula is C28H32F2Si. The van der Waals surface area contributed by atoms with Crippen LogP contribution >= 0.6 is 0 Å². The third-order valence-corrected chi connectivity index (χ3v) is 10.4. The van der Waals surface area contributed by atoms with Crippen LogP contribution in [0.1, 0.15) is 50.5 Å². The van der Waals surface area contributed by atoms with Crippen LogP contribution in [0.25, 0.3) is 22.3 Å². The van der Waals surface area contributed by atoms with Crippen molar-refractivity contribution in [3.8, 4) is 22.3 Å². The Kier molecular flexibility index (Phi) is 7.34. The molecule has 1 aliphatic heterocycles. The van der Waals surface area contributed by atoms with Crippen molar-refractivity contribution >= 4 is 8.80 Å². The Morgan fingerprint density at radius 2 is 1.58 bits per heavy atom. The maximum atomic E-state index is 15.0. The van der Waals surface area contributed by atoms with E-state index >= 15 is 4.39 Å². The summed E-state index contributed by atoms with van der Waals surface area (Å²) in [5.74, 6) is 0.0199. The molecule has 3 aromatic carbocycles. The summed E-state index contributed by atoms with van der Waals surface area (Å²) in [7, 11) is -0.549. The molecule has 1 saturated heterocycles. The topological polar surface area (TPSA) is 0 Å². The van der Waals surface area contributed by atoms with Crippen molar-refractivity contribution in [3.63, 3.8) is 0 Å². The normalized spacial score (nSPS) is 18.8. The van der Waals surface area contributed by atoms with E-state index in [1.54, 1.807) is 12.1 Å². The number of rotatable bonds is 7. The van der Waals surface area contributed by atoms with Crippen molar-refractivity contribution in [1.29, 1.82) is 0 Å². The van der Waals surface area contributed by atoms with E-state index in [-0.39, 0.29) is 11.6 Å². The Morgan fingerprint density at radius 1 is 0.839 bits per heavy atom. The lowest BCUT2D eigenvalue weighted by atomic mass is 9.88. The highest BCUT2D eigenvalue weighted by molar-refractivity contribution is 6.59. The zero-order valence-corrected chi connectivity index (χ0v) is 19.6. The number of halogens is 2. The van der Waals surface area contributed by atoms with Gasteiger partial charge in [-0.05, 0) is 59.2 Å². The van der Waals surface area contributed by atoms with E-state index in [9.17, 15) is 4.39 Å². The van der Waals surface area contributed by atoms with Crippen LogP contribution in [0, 0.1) is 11.6 Å². The lowest BCUT2D eigenvalue weighted by molar-refractivity contribution is 0.603. The van der Waals surface area contributed by atoms with Gasteiger partial charge in [-0.25, -0.2) is 8.78 Å². The van der Waals surface area contributed by atoms with Gasteiger partial charge in [-0.2, -0.15) is 0 Å². The first-order valence-electron chi connectivity index (χ1n) is 11.8. The summed E-state index contributed by atoms with van der Waals surface area (Å²) in [4.78, 5) is 0. The SMILES string of the molecule is CCCCC[Si@H]1CC[C@H](c2cccc(-c3c(F)cccc3-c3cccc(F)c3)c2)CC1. The molecule has 0 amide bonds. The van der Waals surface area contributed by atoms with Crippen molar-refractivity contribution < 1.29 is 8.78 Å². The highest BCUT2D eigenvalue weighted by Crippen LogP contribution is 2.39. The van der Waals surface area contributed by atoms with E-state index in [1.165, 1.54) is 74.0 Å². The number of benzene rings is 3. The Hall–Kier alpha value is -2.26. The molecule has 1 heterocycles. The predicted octanol–water partition coefficient (Wildman–Crippen LogP) is 8.59. The van der Waals surface area contributed by atoms with Crippen LogP contribution in [0.15, 0.2) is 66.7 Å². The average Bonchev–Trinajstić information content (AvgIpc) is 2.80. The monoisotopic (exact) mass is 434 g/mol. The molecule has 0 atom stereocenters. The van der Waals surface area contributed by atoms with Crippen LogP contribution in [0.2, 0.25) is 18.1 Å². The fraction of sp³-hybridized carbons (Fsp3) is 0.357. The number of hydrogen-bond acceptors (Lipinski definition) is 0. The molecule has 4 rings (SSSR count). The van der Waals surface area contributed by atoms with Gasteiger partial charge in [-0.15, -0.1) is 0 Å². The van der Waals surface area contributed by atoms with E-state index in [2.05, 4.69) is 25.1 Å². The first-order chi connectivity index (χ1) is 15.2. The van der Waals surface area contributed by atoms with E-state index < -0.39 is 8.80 Å². The molecule has 3 aromatic rings. The van der Waals surface area contributed by atoms with Crippen LogP contribution in [0.3, 0.4) is 0 Å². The van der Waals surface area contributed by atoms with Gasteiger partial charge in [0.25, 0.3) is 0 Å². The van der Waals surface area contributed by atoms with Gasteiger partial charge in [0.05, 0.1) is 0 Å². The third kappa shape index (κ3) is 5.33. The highest BCUT2D eigenvalue weighted by Gasteiger charge is 2.23. The highest BCUT2D eigenvalue weighted by atomic mass is 28.3. The molecule has 162 valence electrons. The molecule has 3 heteroatoms. The fourth-order valence-electron chi connectivity index (χ4n) is 5.13. The smallest absolute Gasteiger partial charge is 0.131 e. The Bertz CT molecular complexity index is 1010. The minimum atomic E-state index is -0.549. The summed E-state index contributed by atoms with van der Waals surface area (Å²) in [6.45, 7) is 2.28. The van der Waals surface area contributed by atoms with Gasteiger partial charge in [0.1, 0.15) is 11.6 Å². The van der Waals surface area contributed by atoms with Gasteiger partial charge < -0.3 is 0 Å². The molecule has 1 aliphatic rings. The van der Waals surface area contributed by atoms with Gasteiger partial charge in [0.2, 0.25) is 0 Å². The fourth-order valence-corrected chi connectivity index (χ4v) is 8.61. The second kappa shape index (κ2) is 10.4. The molecular weight excluding hydrogens is 402 g/mol. The van der Waals surface area contributed by atoms with E-state index in [0.29, 0.717) is 17.0 Å². The van der Waals surface area contributed by atoms with E-state index in [1.807, 2.05) is 18.2 Å². The van der Waals surface area contributed by atoms with Crippen LogP contribution in [-0.2, 0) is 0 Å². The molecule has 0 saturated carbocycles. The minimum Gasteiger partial charge on any atom is -0.207 e. The van der Waals surface area contributed by atoms with Crippen LogP contribution in [-0.4, -0.2) is 8.80 Å². The Balaban J connectivity index is 1.57. The summed E-state index contributed by atoms with van der Waals surface area (Å²) in [5, 5.41) is 0. The first-order valence-corrected chi connectivity index (χ1v) is 14.3.